The van der Waals surface area contributed by atoms with Crippen molar-refractivity contribution in [3.63, 3.8) is 0 Å². The molecule has 0 unspecified atom stereocenters. The molecular weight excluding hydrogens is 316 g/mol. The van der Waals surface area contributed by atoms with E-state index in [4.69, 9.17) is 4.74 Å². The van der Waals surface area contributed by atoms with Gasteiger partial charge < -0.3 is 14.2 Å². The summed E-state index contributed by atoms with van der Waals surface area (Å²) in [7, 11) is 1.76. The predicted molar refractivity (Wildman–Crippen MR) is 97.8 cm³/mol. The smallest absolute Gasteiger partial charge is 0.254 e. The SMILES string of the molecule is Cc1cc(OC2CCN(C(=O)CC3CCCCC3)CC2)cc(=O)n1C. The van der Waals surface area contributed by atoms with E-state index in [1.54, 1.807) is 17.7 Å². The van der Waals surface area contributed by atoms with Crippen molar-refractivity contribution >= 4 is 5.91 Å². The number of aromatic nitrogens is 1. The summed E-state index contributed by atoms with van der Waals surface area (Å²) < 4.78 is 7.61. The number of carbonyl (C=O) groups excluding carboxylic acids is 1. The van der Waals surface area contributed by atoms with Gasteiger partial charge in [0.05, 0.1) is 0 Å². The third-order valence-corrected chi connectivity index (χ3v) is 5.76. The van der Waals surface area contributed by atoms with E-state index in [2.05, 4.69) is 0 Å². The van der Waals surface area contributed by atoms with E-state index in [9.17, 15) is 9.59 Å². The summed E-state index contributed by atoms with van der Waals surface area (Å²) in [4.78, 5) is 26.4. The van der Waals surface area contributed by atoms with Crippen LogP contribution in [-0.4, -0.2) is 34.6 Å². The summed E-state index contributed by atoms with van der Waals surface area (Å²) in [5.74, 6) is 1.56. The fourth-order valence-corrected chi connectivity index (χ4v) is 3.99. The van der Waals surface area contributed by atoms with Crippen molar-refractivity contribution in [1.82, 2.24) is 9.47 Å². The molecule has 0 atom stereocenters. The maximum atomic E-state index is 12.5. The van der Waals surface area contributed by atoms with Gasteiger partial charge in [0.1, 0.15) is 11.9 Å². The number of hydrogen-bond acceptors (Lipinski definition) is 3. The number of piperidine rings is 1. The average Bonchev–Trinajstić information content (AvgIpc) is 2.61. The van der Waals surface area contributed by atoms with Gasteiger partial charge in [0.15, 0.2) is 0 Å². The number of carbonyl (C=O) groups is 1. The van der Waals surface area contributed by atoms with E-state index in [1.165, 1.54) is 32.1 Å². The van der Waals surface area contributed by atoms with E-state index in [-0.39, 0.29) is 11.7 Å². The van der Waals surface area contributed by atoms with E-state index in [1.807, 2.05) is 17.9 Å². The molecule has 0 aromatic carbocycles. The fourth-order valence-electron chi connectivity index (χ4n) is 3.99. The highest BCUT2D eigenvalue weighted by Crippen LogP contribution is 2.27. The van der Waals surface area contributed by atoms with Crippen molar-refractivity contribution in [3.05, 3.63) is 28.2 Å². The lowest BCUT2D eigenvalue weighted by Crippen LogP contribution is -2.42. The van der Waals surface area contributed by atoms with Crippen LogP contribution >= 0.6 is 0 Å². The first-order chi connectivity index (χ1) is 12.0. The maximum Gasteiger partial charge on any atom is 0.254 e. The third-order valence-electron chi connectivity index (χ3n) is 5.76. The molecule has 0 bridgehead atoms. The Labute approximate surface area is 150 Å². The Morgan fingerprint density at radius 3 is 2.44 bits per heavy atom. The van der Waals surface area contributed by atoms with Gasteiger partial charge in [-0.25, -0.2) is 0 Å². The molecular formula is C20H30N2O3. The number of rotatable bonds is 4. The Morgan fingerprint density at radius 2 is 1.80 bits per heavy atom. The van der Waals surface area contributed by atoms with Crippen LogP contribution in [0.4, 0.5) is 0 Å². The molecule has 5 nitrogen and oxygen atoms in total. The Kier molecular flexibility index (Phi) is 5.82. The molecule has 1 aromatic rings. The zero-order valence-corrected chi connectivity index (χ0v) is 15.5. The molecule has 138 valence electrons. The van der Waals surface area contributed by atoms with Crippen molar-refractivity contribution in [1.29, 1.82) is 0 Å². The number of likely N-dealkylation sites (tertiary alicyclic amines) is 1. The molecule has 2 aliphatic rings. The molecule has 0 N–H and O–H groups in total. The Bertz CT molecular complexity index is 653. The topological polar surface area (TPSA) is 51.5 Å². The monoisotopic (exact) mass is 346 g/mol. The van der Waals surface area contributed by atoms with Gasteiger partial charge in [-0.2, -0.15) is 0 Å². The summed E-state index contributed by atoms with van der Waals surface area (Å²) in [6.45, 7) is 3.43. The van der Waals surface area contributed by atoms with Crippen LogP contribution in [0.15, 0.2) is 16.9 Å². The molecule has 0 radical (unpaired) electrons. The minimum absolute atomic E-state index is 0.0462. The van der Waals surface area contributed by atoms with Crippen molar-refractivity contribution in [2.75, 3.05) is 13.1 Å². The molecule has 25 heavy (non-hydrogen) atoms. The van der Waals surface area contributed by atoms with Gasteiger partial charge >= 0.3 is 0 Å². The van der Waals surface area contributed by atoms with Gasteiger partial charge in [-0.1, -0.05) is 19.3 Å². The van der Waals surface area contributed by atoms with Gasteiger partial charge in [-0.3, -0.25) is 9.59 Å². The van der Waals surface area contributed by atoms with E-state index in [0.717, 1.165) is 38.0 Å². The molecule has 5 heteroatoms. The van der Waals surface area contributed by atoms with Crippen LogP contribution < -0.4 is 10.3 Å². The van der Waals surface area contributed by atoms with Crippen LogP contribution in [0, 0.1) is 12.8 Å². The second-order valence-corrected chi connectivity index (χ2v) is 7.64. The first-order valence-electron chi connectivity index (χ1n) is 9.65. The van der Waals surface area contributed by atoms with Crippen LogP contribution in [0.1, 0.15) is 57.1 Å². The number of pyridine rings is 1. The lowest BCUT2D eigenvalue weighted by molar-refractivity contribution is -0.134. The Hall–Kier alpha value is -1.78. The van der Waals surface area contributed by atoms with Gasteiger partial charge in [0.25, 0.3) is 5.56 Å². The molecule has 1 saturated heterocycles. The molecule has 1 aliphatic carbocycles. The van der Waals surface area contributed by atoms with Crippen molar-refractivity contribution < 1.29 is 9.53 Å². The van der Waals surface area contributed by atoms with Gasteiger partial charge in [-0.05, 0) is 31.7 Å². The van der Waals surface area contributed by atoms with Gasteiger partial charge in [0.2, 0.25) is 5.91 Å². The maximum absolute atomic E-state index is 12.5. The number of nitrogens with zero attached hydrogens (tertiary/aromatic N) is 2. The molecule has 1 saturated carbocycles. The normalized spacial score (nSPS) is 19.8. The van der Waals surface area contributed by atoms with Crippen molar-refractivity contribution in [2.45, 2.75) is 64.4 Å². The van der Waals surface area contributed by atoms with Crippen LogP contribution in [0.3, 0.4) is 0 Å². The van der Waals surface area contributed by atoms with Gasteiger partial charge in [0, 0.05) is 51.2 Å². The molecule has 1 amide bonds. The number of hydrogen-bond donors (Lipinski definition) is 0. The summed E-state index contributed by atoms with van der Waals surface area (Å²) in [6, 6.07) is 3.45. The fraction of sp³-hybridized carbons (Fsp3) is 0.700. The van der Waals surface area contributed by atoms with Crippen LogP contribution in [0.25, 0.3) is 0 Å². The predicted octanol–water partition coefficient (Wildman–Crippen LogP) is 3.03. The standard InChI is InChI=1S/C20H30N2O3/c1-15-12-18(14-19(23)21(15)2)25-17-8-10-22(11-9-17)20(24)13-16-6-4-3-5-7-16/h12,14,16-17H,3-11,13H2,1-2H3. The second-order valence-electron chi connectivity index (χ2n) is 7.64. The quantitative estimate of drug-likeness (QED) is 0.842. The average molecular weight is 346 g/mol. The first kappa shape index (κ1) is 18.0. The molecule has 1 aromatic heterocycles. The van der Waals surface area contributed by atoms with Gasteiger partial charge in [-0.15, -0.1) is 0 Å². The molecule has 0 spiro atoms. The summed E-state index contributed by atoms with van der Waals surface area (Å²) in [5, 5.41) is 0. The number of aryl methyl sites for hydroxylation is 1. The lowest BCUT2D eigenvalue weighted by Gasteiger charge is -2.33. The molecule has 2 heterocycles. The number of ether oxygens (including phenoxy) is 1. The zero-order chi connectivity index (χ0) is 17.8. The second kappa shape index (κ2) is 8.07. The highest BCUT2D eigenvalue weighted by molar-refractivity contribution is 5.76. The summed E-state index contributed by atoms with van der Waals surface area (Å²) >= 11 is 0. The minimum atomic E-state index is -0.0462. The van der Waals surface area contributed by atoms with E-state index >= 15 is 0 Å². The van der Waals surface area contributed by atoms with Crippen LogP contribution in [-0.2, 0) is 11.8 Å². The van der Waals surface area contributed by atoms with Crippen LogP contribution in [0.2, 0.25) is 0 Å². The molecule has 2 fully saturated rings. The first-order valence-corrected chi connectivity index (χ1v) is 9.65. The Morgan fingerprint density at radius 1 is 1.12 bits per heavy atom. The summed E-state index contributed by atoms with van der Waals surface area (Å²) in [6.07, 6.45) is 8.81. The van der Waals surface area contributed by atoms with Crippen LogP contribution in [0.5, 0.6) is 5.75 Å². The molecule has 3 rings (SSSR count). The van der Waals surface area contributed by atoms with E-state index in [0.29, 0.717) is 17.6 Å². The Balaban J connectivity index is 1.48. The number of amides is 1. The van der Waals surface area contributed by atoms with Crippen molar-refractivity contribution in [3.8, 4) is 5.75 Å². The third kappa shape index (κ3) is 4.65. The molecule has 1 aliphatic heterocycles. The summed E-state index contributed by atoms with van der Waals surface area (Å²) in [5.41, 5.74) is 0.845. The minimum Gasteiger partial charge on any atom is -0.490 e. The van der Waals surface area contributed by atoms with Crippen molar-refractivity contribution in [2.24, 2.45) is 13.0 Å². The highest BCUT2D eigenvalue weighted by Gasteiger charge is 2.26. The highest BCUT2D eigenvalue weighted by atomic mass is 16.5. The van der Waals surface area contributed by atoms with E-state index < -0.39 is 0 Å². The lowest BCUT2D eigenvalue weighted by atomic mass is 9.86. The zero-order valence-electron chi connectivity index (χ0n) is 15.5. The largest absolute Gasteiger partial charge is 0.490 e.